The highest BCUT2D eigenvalue weighted by Gasteiger charge is 2.33. The summed E-state index contributed by atoms with van der Waals surface area (Å²) in [6.45, 7) is 0.427. The summed E-state index contributed by atoms with van der Waals surface area (Å²) >= 11 is 0. The van der Waals surface area contributed by atoms with Crippen LogP contribution in [0.15, 0.2) is 78.9 Å². The summed E-state index contributed by atoms with van der Waals surface area (Å²) in [5.74, 6) is -11.8. The number of fused-ring (bicyclic) bond motifs is 2. The molecule has 0 bridgehead atoms. The van der Waals surface area contributed by atoms with E-state index in [1.54, 1.807) is 26.7 Å². The van der Waals surface area contributed by atoms with E-state index in [1.807, 2.05) is 84.2 Å². The van der Waals surface area contributed by atoms with Crippen LogP contribution >= 0.6 is 0 Å². The number of halogens is 1. The number of urea groups is 1. The van der Waals surface area contributed by atoms with E-state index in [0.29, 0.717) is 57.1 Å². The maximum Gasteiger partial charge on any atom is 0.338 e. The number of amides is 8. The SMILES string of the molecule is COc1ccc(CCC(C=O)CNCC(=O)N[C@@H](CCCCNC(=O)CN2CCN(CC(=O)O)CCN(CC(=O)O)CCN(CC(=O)O)CC2)C(=O)NCC(=O)NCC2CCC(C(=O)N[C@@H](Cc3c4ccccc4cc4ccccc34)C(=O)NCCCC[C@H](NC(=O)N[C@@H](C[C@@H](F)C(=O)O)C(=O)O)C(=O)O)CC2)cc1. The number of aryl methyl sites for hydroxylation is 1. The fourth-order valence-corrected chi connectivity index (χ4v) is 13.2. The second kappa shape index (κ2) is 46.8. The summed E-state index contributed by atoms with van der Waals surface area (Å²) in [5.41, 5.74) is 1.80. The molecule has 1 heterocycles. The van der Waals surface area contributed by atoms with Crippen LogP contribution in [-0.4, -0.2) is 289 Å². The van der Waals surface area contributed by atoms with E-state index in [4.69, 9.17) is 9.84 Å². The minimum absolute atomic E-state index is 0.0133. The molecule has 0 spiro atoms. The van der Waals surface area contributed by atoms with Crippen molar-refractivity contribution in [3.63, 3.8) is 0 Å². The third-order valence-corrected chi connectivity index (χ3v) is 19.4. The Morgan fingerprint density at radius 2 is 1.03 bits per heavy atom. The van der Waals surface area contributed by atoms with Gasteiger partial charge >= 0.3 is 41.8 Å². The first-order chi connectivity index (χ1) is 52.7. The van der Waals surface area contributed by atoms with Crippen LogP contribution in [0.5, 0.6) is 5.75 Å². The van der Waals surface area contributed by atoms with Crippen molar-refractivity contribution < 1.29 is 107 Å². The number of carbonyl (C=O) groups is 14. The Hall–Kier alpha value is -10.5. The van der Waals surface area contributed by atoms with Crippen LogP contribution in [0.3, 0.4) is 0 Å². The Balaban J connectivity index is 1.02. The summed E-state index contributed by atoms with van der Waals surface area (Å²) in [7, 11) is 1.56. The first kappa shape index (κ1) is 88.4. The van der Waals surface area contributed by atoms with Gasteiger partial charge in [-0.15, -0.1) is 0 Å². The molecular weight excluding hydrogens is 1440 g/mol. The zero-order valence-electron chi connectivity index (χ0n) is 61.8. The normalized spacial score (nSPS) is 17.1. The Morgan fingerprint density at radius 1 is 0.518 bits per heavy atom. The van der Waals surface area contributed by atoms with Crippen molar-refractivity contribution in [1.29, 1.82) is 0 Å². The molecule has 34 nitrogen and oxygen atoms in total. The Kier molecular flexibility index (Phi) is 37.6. The van der Waals surface area contributed by atoms with Gasteiger partial charge in [-0.1, -0.05) is 60.7 Å². The number of ether oxygens (including phenoxy) is 1. The fourth-order valence-electron chi connectivity index (χ4n) is 13.2. The summed E-state index contributed by atoms with van der Waals surface area (Å²) in [6.07, 6.45) is 0.943. The lowest BCUT2D eigenvalue weighted by atomic mass is 9.81. The van der Waals surface area contributed by atoms with E-state index in [0.717, 1.165) is 39.0 Å². The lowest BCUT2D eigenvalue weighted by Gasteiger charge is -2.32. The Bertz CT molecular complexity index is 3690. The smallest absolute Gasteiger partial charge is 0.338 e. The van der Waals surface area contributed by atoms with Gasteiger partial charge in [-0.2, -0.15) is 0 Å². The predicted octanol–water partition coefficient (Wildman–Crippen LogP) is 0.657. The molecule has 1 saturated heterocycles. The zero-order valence-corrected chi connectivity index (χ0v) is 61.8. The average Bonchev–Trinajstić information content (AvgIpc) is 0.772. The molecule has 1 saturated carbocycles. The number of alkyl halides is 1. The van der Waals surface area contributed by atoms with Gasteiger partial charge in [0.05, 0.1) is 46.4 Å². The summed E-state index contributed by atoms with van der Waals surface area (Å²) < 4.78 is 19.0. The molecule has 6 atom stereocenters. The van der Waals surface area contributed by atoms with Crippen LogP contribution in [0.25, 0.3) is 21.5 Å². The van der Waals surface area contributed by atoms with Gasteiger partial charge in [-0.3, -0.25) is 62.8 Å². The average molecular weight is 1540 g/mol. The maximum absolute atomic E-state index is 14.3. The van der Waals surface area contributed by atoms with Crippen molar-refractivity contribution in [3.8, 4) is 5.75 Å². The number of carboxylic acids is 6. The molecule has 6 rings (SSSR count). The second-order valence-electron chi connectivity index (χ2n) is 27.7. The fraction of sp³-hybridized carbons (Fsp3) is 0.547. The Morgan fingerprint density at radius 3 is 1.55 bits per heavy atom. The van der Waals surface area contributed by atoms with Gasteiger partial charge in [0.15, 0.2) is 6.17 Å². The summed E-state index contributed by atoms with van der Waals surface area (Å²) in [6, 6.07) is 17.7. The Labute approximate surface area is 635 Å². The third-order valence-electron chi connectivity index (χ3n) is 19.4. The van der Waals surface area contributed by atoms with E-state index >= 15 is 0 Å². The second-order valence-corrected chi connectivity index (χ2v) is 27.7. The van der Waals surface area contributed by atoms with Crippen LogP contribution in [0.2, 0.25) is 0 Å². The van der Waals surface area contributed by atoms with Crippen molar-refractivity contribution in [2.24, 2.45) is 17.8 Å². The highest BCUT2D eigenvalue weighted by molar-refractivity contribution is 6.03. The number of carboxylic acid groups (broad SMARTS) is 6. The van der Waals surface area contributed by atoms with E-state index < -0.39 is 121 Å². The van der Waals surface area contributed by atoms with Gasteiger partial charge in [-0.25, -0.2) is 23.6 Å². The van der Waals surface area contributed by atoms with Gasteiger partial charge in [0.25, 0.3) is 0 Å². The first-order valence-corrected chi connectivity index (χ1v) is 37.0. The largest absolute Gasteiger partial charge is 0.497 e. The molecule has 2 fully saturated rings. The number of methoxy groups -OCH3 is 1. The minimum atomic E-state index is -2.62. The topological polar surface area (TPSA) is 491 Å². The maximum atomic E-state index is 14.3. The zero-order chi connectivity index (χ0) is 80.1. The molecular formula is C75H104FN13O21. The van der Waals surface area contributed by atoms with Crippen LogP contribution in [0.1, 0.15) is 88.2 Å². The van der Waals surface area contributed by atoms with Gasteiger partial charge < -0.3 is 88.0 Å². The van der Waals surface area contributed by atoms with Crippen LogP contribution in [0.4, 0.5) is 9.18 Å². The van der Waals surface area contributed by atoms with Crippen molar-refractivity contribution in [3.05, 3.63) is 90.0 Å². The molecule has 8 amide bonds. The summed E-state index contributed by atoms with van der Waals surface area (Å²) in [4.78, 5) is 184. The minimum Gasteiger partial charge on any atom is -0.497 e. The standard InChI is InChI=1S/C75H104FN13O21/c1-110-54-24-20-48(21-25-54)16-17-50(47-90)39-77-41-64(92)82-59(14-6-8-26-78-65(93)43-86-28-30-87(44-66(94)95)32-34-89(46-68(98)99)35-33-88(31-29-86)45-67(96)97)70(101)81-42-63(91)80-40-49-18-22-51(23-19-49)69(100)83-61(37-57-55-12-4-2-10-52(55)36-53-11-3-5-13-56(53)57)71(102)79-27-9-7-15-60(73(105)106)84-75(109)85-62(74(107)108)38-58(76)72(103)104/h2-5,10-13,20-21,24-25,36,47,49-51,58-62,77H,6-9,14-19,22-23,26-35,37-46H2,1H3,(H,78,93)(H,79,102)(H,80,91)(H,81,101)(H,82,92)(H,83,100)(H,94,95)(H,96,97)(H,98,99)(H,103,104)(H,105,106)(H,107,108)(H2,84,85,109)/t49?,50?,51?,58-,59+,60+,61+,62+/m1/s1. The van der Waals surface area contributed by atoms with Crippen molar-refractivity contribution in [1.82, 2.24) is 67.5 Å². The van der Waals surface area contributed by atoms with Crippen LogP contribution in [-0.2, 0) is 75.2 Å². The van der Waals surface area contributed by atoms with Crippen LogP contribution < -0.4 is 52.6 Å². The monoisotopic (exact) mass is 1540 g/mol. The van der Waals surface area contributed by atoms with Gasteiger partial charge in [0.1, 0.15) is 36.2 Å². The highest BCUT2D eigenvalue weighted by Crippen LogP contribution is 2.32. The number of rotatable bonds is 45. The van der Waals surface area contributed by atoms with E-state index in [9.17, 15) is 97.0 Å². The number of hydrogen-bond donors (Lipinski definition) is 15. The molecule has 2 aliphatic rings. The summed E-state index contributed by atoms with van der Waals surface area (Å²) in [5, 5.41) is 84.3. The van der Waals surface area contributed by atoms with Crippen molar-refractivity contribution in [2.75, 3.05) is 125 Å². The molecule has 602 valence electrons. The van der Waals surface area contributed by atoms with E-state index in [1.165, 1.54) is 0 Å². The highest BCUT2D eigenvalue weighted by atomic mass is 19.1. The van der Waals surface area contributed by atoms with Crippen LogP contribution in [0, 0.1) is 17.8 Å². The number of unbranched alkanes of at least 4 members (excludes halogenated alkanes) is 2. The first-order valence-electron chi connectivity index (χ1n) is 37.0. The third kappa shape index (κ3) is 32.0. The van der Waals surface area contributed by atoms with Crippen molar-refractivity contribution >= 4 is 105 Å². The van der Waals surface area contributed by atoms with Crippen molar-refractivity contribution in [2.45, 2.75) is 120 Å². The van der Waals surface area contributed by atoms with E-state index in [-0.39, 0.29) is 161 Å². The predicted molar refractivity (Wildman–Crippen MR) is 398 cm³/mol. The lowest BCUT2D eigenvalue weighted by Crippen LogP contribution is -2.52. The molecule has 0 aromatic heterocycles. The molecule has 0 radical (unpaired) electrons. The molecule has 1 aliphatic carbocycles. The molecule has 1 aliphatic heterocycles. The molecule has 4 aromatic carbocycles. The number of nitrogens with one attached hydrogen (secondary N) is 9. The number of nitrogens with zero attached hydrogens (tertiary/aromatic N) is 4. The number of carbonyl (C=O) groups excluding carboxylic acids is 8. The molecule has 1 unspecified atom stereocenters. The number of benzene rings is 4. The lowest BCUT2D eigenvalue weighted by molar-refractivity contribution is -0.145. The quantitative estimate of drug-likeness (QED) is 0.0164. The molecule has 4 aromatic rings. The number of hydrogen-bond acceptors (Lipinski definition) is 20. The van der Waals surface area contributed by atoms with E-state index in [2.05, 4.69) is 42.5 Å². The molecule has 110 heavy (non-hydrogen) atoms. The number of aliphatic carboxylic acids is 6. The van der Waals surface area contributed by atoms with Gasteiger partial charge in [0, 0.05) is 103 Å². The molecule has 35 heteroatoms. The molecule has 15 N–H and O–H groups in total. The number of aldehydes is 1. The van der Waals surface area contributed by atoms with Gasteiger partial charge in [0.2, 0.25) is 35.4 Å². The van der Waals surface area contributed by atoms with Gasteiger partial charge in [-0.05, 0) is 134 Å².